The van der Waals surface area contributed by atoms with Gasteiger partial charge in [0.25, 0.3) is 5.91 Å². The molecule has 2 aromatic carbocycles. The maximum Gasteiger partial charge on any atom is 0.255 e. The van der Waals surface area contributed by atoms with Crippen molar-refractivity contribution in [1.82, 2.24) is 14.2 Å². The molecule has 0 saturated carbocycles. The van der Waals surface area contributed by atoms with E-state index in [1.807, 2.05) is 49.4 Å². The van der Waals surface area contributed by atoms with Crippen molar-refractivity contribution in [3.63, 3.8) is 0 Å². The van der Waals surface area contributed by atoms with Crippen molar-refractivity contribution in [1.29, 1.82) is 0 Å². The second kappa shape index (κ2) is 11.9. The molecule has 8 nitrogen and oxygen atoms in total. The number of likely N-dealkylation sites (N-methyl/N-ethyl adjacent to an activating group) is 1. The van der Waals surface area contributed by atoms with Gasteiger partial charge in [0.2, 0.25) is 10.0 Å². The van der Waals surface area contributed by atoms with E-state index in [9.17, 15) is 18.3 Å². The average molecular weight is 536 g/mol. The van der Waals surface area contributed by atoms with Crippen molar-refractivity contribution < 1.29 is 23.1 Å². The van der Waals surface area contributed by atoms with Crippen molar-refractivity contribution in [2.24, 2.45) is 5.92 Å². The monoisotopic (exact) mass is 535 g/mol. The molecule has 38 heavy (non-hydrogen) atoms. The molecule has 2 heterocycles. The first-order valence-electron chi connectivity index (χ1n) is 12.5. The normalized spacial score (nSPS) is 20.1. The lowest BCUT2D eigenvalue weighted by Gasteiger charge is -2.37. The highest BCUT2D eigenvalue weighted by Crippen LogP contribution is 2.34. The zero-order valence-corrected chi connectivity index (χ0v) is 22.6. The Balaban J connectivity index is 1.70. The van der Waals surface area contributed by atoms with Gasteiger partial charge in [0.05, 0.1) is 18.7 Å². The topological polar surface area (TPSA) is 100 Å². The quantitative estimate of drug-likeness (QED) is 0.462. The van der Waals surface area contributed by atoms with Crippen LogP contribution in [0.25, 0.3) is 12.2 Å². The number of fused-ring (bicyclic) bond motifs is 1. The highest BCUT2D eigenvalue weighted by atomic mass is 32.2. The van der Waals surface area contributed by atoms with Gasteiger partial charge in [-0.25, -0.2) is 8.42 Å². The van der Waals surface area contributed by atoms with Gasteiger partial charge in [0.1, 0.15) is 16.7 Å². The second-order valence-electron chi connectivity index (χ2n) is 9.62. The number of amides is 1. The number of hydrogen-bond donors (Lipinski definition) is 1. The summed E-state index contributed by atoms with van der Waals surface area (Å²) >= 11 is 0. The molecule has 0 fully saturated rings. The van der Waals surface area contributed by atoms with Crippen molar-refractivity contribution in [3.05, 3.63) is 89.7 Å². The highest BCUT2D eigenvalue weighted by molar-refractivity contribution is 7.89. The number of aliphatic hydroxyl groups is 1. The predicted octanol–water partition coefficient (Wildman–Crippen LogP) is 3.79. The number of hydrogen-bond acceptors (Lipinski definition) is 6. The molecule has 3 atom stereocenters. The molecule has 0 spiro atoms. The van der Waals surface area contributed by atoms with Crippen LogP contribution in [0.1, 0.15) is 35.3 Å². The summed E-state index contributed by atoms with van der Waals surface area (Å²) < 4.78 is 35.1. The summed E-state index contributed by atoms with van der Waals surface area (Å²) in [5.41, 5.74) is 2.24. The van der Waals surface area contributed by atoms with Crippen LogP contribution in [-0.2, 0) is 10.0 Å². The van der Waals surface area contributed by atoms with Crippen molar-refractivity contribution in [3.8, 4) is 5.75 Å². The molecule has 1 aliphatic heterocycles. The Morgan fingerprint density at radius 2 is 1.89 bits per heavy atom. The minimum Gasteiger partial charge on any atom is -0.487 e. The number of ether oxygens (including phenoxy) is 1. The van der Waals surface area contributed by atoms with Gasteiger partial charge < -0.3 is 14.7 Å². The molecule has 1 aromatic heterocycles. The molecule has 9 heteroatoms. The Hall–Kier alpha value is -3.53. The number of pyridine rings is 1. The Kier molecular flexibility index (Phi) is 8.61. The van der Waals surface area contributed by atoms with E-state index in [2.05, 4.69) is 4.98 Å². The molecule has 3 aromatic rings. The lowest BCUT2D eigenvalue weighted by molar-refractivity contribution is 0.0563. The standard InChI is InChI=1S/C29H33N3O5S/c1-21-18-32(22(2)20-33)38(35,36)28-14-13-24(12-11-23-8-5-4-6-9-23)16-26(28)37-27(21)19-31(3)29(34)25-10-7-15-30-17-25/h4-17,21-22,27,33H,18-20H2,1-3H3/b12-11+/t21-,22-,27-/m0/s1. The molecule has 0 aliphatic carbocycles. The van der Waals surface area contributed by atoms with Crippen molar-refractivity contribution in [2.75, 3.05) is 26.7 Å². The fraction of sp³-hybridized carbons (Fsp3) is 0.310. The van der Waals surface area contributed by atoms with Crippen LogP contribution in [0.15, 0.2) is 78.0 Å². The third-order valence-corrected chi connectivity index (χ3v) is 8.69. The average Bonchev–Trinajstić information content (AvgIpc) is 2.93. The number of aromatic nitrogens is 1. The third kappa shape index (κ3) is 6.12. The predicted molar refractivity (Wildman–Crippen MR) is 147 cm³/mol. The summed E-state index contributed by atoms with van der Waals surface area (Å²) in [6.45, 7) is 3.63. The van der Waals surface area contributed by atoms with E-state index in [4.69, 9.17) is 4.74 Å². The largest absolute Gasteiger partial charge is 0.487 e. The Labute approximate surface area is 224 Å². The zero-order valence-electron chi connectivity index (χ0n) is 21.8. The van der Waals surface area contributed by atoms with E-state index in [-0.39, 0.29) is 42.2 Å². The van der Waals surface area contributed by atoms with Crippen LogP contribution < -0.4 is 4.74 Å². The molecular weight excluding hydrogens is 502 g/mol. The van der Waals surface area contributed by atoms with Gasteiger partial charge in [0.15, 0.2) is 0 Å². The van der Waals surface area contributed by atoms with Gasteiger partial charge in [-0.2, -0.15) is 4.31 Å². The minimum absolute atomic E-state index is 0.0350. The molecule has 1 N–H and O–H groups in total. The maximum atomic E-state index is 13.7. The van der Waals surface area contributed by atoms with Crippen molar-refractivity contribution >= 4 is 28.1 Å². The van der Waals surface area contributed by atoms with Crippen LogP contribution >= 0.6 is 0 Å². The van der Waals surface area contributed by atoms with Crippen LogP contribution in [0.3, 0.4) is 0 Å². The van der Waals surface area contributed by atoms with E-state index in [0.29, 0.717) is 5.56 Å². The Bertz CT molecular complexity index is 1380. The minimum atomic E-state index is -3.95. The number of carbonyl (C=O) groups excluding carboxylic acids is 1. The van der Waals surface area contributed by atoms with E-state index in [0.717, 1.165) is 11.1 Å². The number of benzene rings is 2. The first-order valence-corrected chi connectivity index (χ1v) is 14.0. The summed E-state index contributed by atoms with van der Waals surface area (Å²) in [5, 5.41) is 9.84. The fourth-order valence-corrected chi connectivity index (χ4v) is 6.21. The first-order chi connectivity index (χ1) is 18.2. The van der Waals surface area contributed by atoms with Gasteiger partial charge >= 0.3 is 0 Å². The molecule has 0 radical (unpaired) electrons. The van der Waals surface area contributed by atoms with E-state index in [1.165, 1.54) is 10.5 Å². The van der Waals surface area contributed by atoms with Gasteiger partial charge in [0, 0.05) is 37.9 Å². The van der Waals surface area contributed by atoms with E-state index < -0.39 is 22.2 Å². The number of sulfonamides is 1. The molecule has 0 saturated heterocycles. The molecule has 0 bridgehead atoms. The summed E-state index contributed by atoms with van der Waals surface area (Å²) in [6, 6.07) is 17.6. The van der Waals surface area contributed by atoms with Gasteiger partial charge in [-0.15, -0.1) is 0 Å². The Morgan fingerprint density at radius 3 is 2.58 bits per heavy atom. The van der Waals surface area contributed by atoms with Crippen molar-refractivity contribution in [2.45, 2.75) is 30.9 Å². The van der Waals surface area contributed by atoms with E-state index >= 15 is 0 Å². The zero-order chi connectivity index (χ0) is 27.3. The lowest BCUT2D eigenvalue weighted by atomic mass is 10.0. The first kappa shape index (κ1) is 27.5. The molecule has 4 rings (SSSR count). The SMILES string of the molecule is C[C@H]1CN([C@@H](C)CO)S(=O)(=O)c2ccc(/C=C/c3ccccc3)cc2O[C@H]1CN(C)C(=O)c1cccnc1. The molecule has 1 aliphatic rings. The summed E-state index contributed by atoms with van der Waals surface area (Å²) in [6.07, 6.45) is 6.46. The van der Waals surface area contributed by atoms with Gasteiger partial charge in [-0.05, 0) is 42.3 Å². The van der Waals surface area contributed by atoms with E-state index in [1.54, 1.807) is 55.4 Å². The van der Waals surface area contributed by atoms with Crippen LogP contribution in [0.4, 0.5) is 0 Å². The van der Waals surface area contributed by atoms with Gasteiger partial charge in [-0.1, -0.05) is 55.5 Å². The third-order valence-electron chi connectivity index (χ3n) is 6.67. The molecule has 200 valence electrons. The summed E-state index contributed by atoms with van der Waals surface area (Å²) in [5.74, 6) is -0.266. The molecule has 0 unspecified atom stereocenters. The smallest absolute Gasteiger partial charge is 0.255 e. The second-order valence-corrected chi connectivity index (χ2v) is 11.5. The molecule has 1 amide bonds. The number of rotatable bonds is 7. The number of carbonyl (C=O) groups is 1. The number of nitrogens with zero attached hydrogens (tertiary/aromatic N) is 3. The van der Waals surface area contributed by atoms with Crippen LogP contribution in [0, 0.1) is 5.92 Å². The summed E-state index contributed by atoms with van der Waals surface area (Å²) in [4.78, 5) is 18.6. The number of aliphatic hydroxyl groups excluding tert-OH is 1. The van der Waals surface area contributed by atoms with Crippen LogP contribution in [0.2, 0.25) is 0 Å². The Morgan fingerprint density at radius 1 is 1.16 bits per heavy atom. The van der Waals surface area contributed by atoms with Crippen LogP contribution in [0.5, 0.6) is 5.75 Å². The van der Waals surface area contributed by atoms with Gasteiger partial charge in [-0.3, -0.25) is 9.78 Å². The molecular formula is C29H33N3O5S. The van der Waals surface area contributed by atoms with Crippen LogP contribution in [-0.4, -0.2) is 72.5 Å². The fourth-order valence-electron chi connectivity index (χ4n) is 4.38. The highest BCUT2D eigenvalue weighted by Gasteiger charge is 2.38. The lowest BCUT2D eigenvalue weighted by Crippen LogP contribution is -2.50. The summed E-state index contributed by atoms with van der Waals surface area (Å²) in [7, 11) is -2.26. The maximum absolute atomic E-state index is 13.7.